The van der Waals surface area contributed by atoms with Crippen LogP contribution >= 0.6 is 0 Å². The number of hydrogen-bond acceptors (Lipinski definition) is 4. The normalized spacial score (nSPS) is 20.3. The molecule has 0 saturated carbocycles. The van der Waals surface area contributed by atoms with Crippen molar-refractivity contribution in [2.45, 2.75) is 19.9 Å². The first-order chi connectivity index (χ1) is 8.91. The number of amides is 2. The van der Waals surface area contributed by atoms with Crippen LogP contribution in [0.5, 0.6) is 0 Å². The third kappa shape index (κ3) is 5.16. The lowest BCUT2D eigenvalue weighted by Crippen LogP contribution is -2.60. The molecule has 1 fully saturated rings. The zero-order chi connectivity index (χ0) is 14.4. The SMILES string of the molecule is CC(C)C1NC(=O)CN(CCOCCN(C)C)C1=O. The van der Waals surface area contributed by atoms with Crippen LogP contribution in [-0.4, -0.2) is 74.6 Å². The largest absolute Gasteiger partial charge is 0.378 e. The molecule has 1 N–H and O–H groups in total. The summed E-state index contributed by atoms with van der Waals surface area (Å²) in [6.07, 6.45) is 0. The van der Waals surface area contributed by atoms with Gasteiger partial charge in [0.15, 0.2) is 0 Å². The van der Waals surface area contributed by atoms with Gasteiger partial charge in [0.25, 0.3) is 0 Å². The molecule has 0 spiro atoms. The fourth-order valence-electron chi connectivity index (χ4n) is 1.89. The van der Waals surface area contributed by atoms with Crippen LogP contribution in [0.4, 0.5) is 0 Å². The lowest BCUT2D eigenvalue weighted by Gasteiger charge is -2.34. The van der Waals surface area contributed by atoms with Crippen LogP contribution in [0, 0.1) is 5.92 Å². The molecule has 6 nitrogen and oxygen atoms in total. The van der Waals surface area contributed by atoms with Gasteiger partial charge >= 0.3 is 0 Å². The molecule has 1 unspecified atom stereocenters. The molecule has 0 aromatic carbocycles. The molecule has 0 aliphatic carbocycles. The first-order valence-electron chi connectivity index (χ1n) is 6.72. The van der Waals surface area contributed by atoms with Crippen molar-refractivity contribution in [1.82, 2.24) is 15.1 Å². The van der Waals surface area contributed by atoms with Crippen molar-refractivity contribution in [3.05, 3.63) is 0 Å². The summed E-state index contributed by atoms with van der Waals surface area (Å²) in [6.45, 7) is 6.43. The minimum atomic E-state index is -0.400. The van der Waals surface area contributed by atoms with Crippen molar-refractivity contribution in [1.29, 1.82) is 0 Å². The number of nitrogens with zero attached hydrogens (tertiary/aromatic N) is 2. The van der Waals surface area contributed by atoms with Crippen molar-refractivity contribution < 1.29 is 14.3 Å². The van der Waals surface area contributed by atoms with E-state index in [2.05, 4.69) is 5.32 Å². The van der Waals surface area contributed by atoms with Crippen LogP contribution in [0.25, 0.3) is 0 Å². The highest BCUT2D eigenvalue weighted by atomic mass is 16.5. The lowest BCUT2D eigenvalue weighted by molar-refractivity contribution is -0.146. The topological polar surface area (TPSA) is 61.9 Å². The van der Waals surface area contributed by atoms with Gasteiger partial charge < -0.3 is 19.9 Å². The second-order valence-electron chi connectivity index (χ2n) is 5.46. The first-order valence-corrected chi connectivity index (χ1v) is 6.72. The molecule has 1 aliphatic heterocycles. The van der Waals surface area contributed by atoms with Gasteiger partial charge in [-0.15, -0.1) is 0 Å². The Morgan fingerprint density at radius 3 is 2.63 bits per heavy atom. The summed E-state index contributed by atoms with van der Waals surface area (Å²) >= 11 is 0. The van der Waals surface area contributed by atoms with Crippen LogP contribution < -0.4 is 5.32 Å². The van der Waals surface area contributed by atoms with E-state index in [1.807, 2.05) is 32.8 Å². The second kappa shape index (κ2) is 7.45. The summed E-state index contributed by atoms with van der Waals surface area (Å²) in [5.74, 6) is 0.00584. The molecule has 6 heteroatoms. The van der Waals surface area contributed by atoms with Gasteiger partial charge in [-0.25, -0.2) is 0 Å². The quantitative estimate of drug-likeness (QED) is 0.637. The number of hydrogen-bond donors (Lipinski definition) is 1. The van der Waals surface area contributed by atoms with Gasteiger partial charge in [0.1, 0.15) is 6.04 Å². The number of nitrogens with one attached hydrogen (secondary N) is 1. The summed E-state index contributed by atoms with van der Waals surface area (Å²) in [5, 5.41) is 2.73. The smallest absolute Gasteiger partial charge is 0.245 e. The maximum absolute atomic E-state index is 12.1. The molecule has 110 valence electrons. The zero-order valence-corrected chi connectivity index (χ0v) is 12.3. The van der Waals surface area contributed by atoms with E-state index < -0.39 is 6.04 Å². The van der Waals surface area contributed by atoms with Crippen molar-refractivity contribution >= 4 is 11.8 Å². The van der Waals surface area contributed by atoms with Crippen LogP contribution in [0.2, 0.25) is 0 Å². The van der Waals surface area contributed by atoms with Crippen LogP contribution in [-0.2, 0) is 14.3 Å². The Labute approximate surface area is 115 Å². The van der Waals surface area contributed by atoms with E-state index in [9.17, 15) is 9.59 Å². The fraction of sp³-hybridized carbons (Fsp3) is 0.846. The molecule has 0 aromatic heterocycles. The number of ether oxygens (including phenoxy) is 1. The summed E-state index contributed by atoms with van der Waals surface area (Å²) < 4.78 is 5.46. The van der Waals surface area contributed by atoms with Crippen molar-refractivity contribution in [2.75, 3.05) is 46.9 Å². The van der Waals surface area contributed by atoms with Crippen LogP contribution in [0.15, 0.2) is 0 Å². The summed E-state index contributed by atoms with van der Waals surface area (Å²) in [4.78, 5) is 27.3. The molecular weight excluding hydrogens is 246 g/mol. The molecule has 19 heavy (non-hydrogen) atoms. The van der Waals surface area contributed by atoms with E-state index >= 15 is 0 Å². The molecule has 2 amide bonds. The van der Waals surface area contributed by atoms with E-state index in [1.165, 1.54) is 0 Å². The van der Waals surface area contributed by atoms with Gasteiger partial charge in [-0.2, -0.15) is 0 Å². The molecular formula is C13H25N3O3. The molecule has 0 aromatic rings. The number of carbonyl (C=O) groups is 2. The Hall–Kier alpha value is -1.14. The van der Waals surface area contributed by atoms with Crippen molar-refractivity contribution in [3.63, 3.8) is 0 Å². The summed E-state index contributed by atoms with van der Waals surface area (Å²) in [7, 11) is 3.96. The number of piperazine rings is 1. The highest BCUT2D eigenvalue weighted by Gasteiger charge is 2.33. The van der Waals surface area contributed by atoms with Gasteiger partial charge in [0, 0.05) is 13.1 Å². The Morgan fingerprint density at radius 2 is 2.05 bits per heavy atom. The van der Waals surface area contributed by atoms with E-state index in [1.54, 1.807) is 4.90 Å². The van der Waals surface area contributed by atoms with Crippen molar-refractivity contribution in [2.24, 2.45) is 5.92 Å². The molecule has 1 rings (SSSR count). The number of carbonyl (C=O) groups excluding carboxylic acids is 2. The molecule has 1 atom stereocenters. The Morgan fingerprint density at radius 1 is 1.37 bits per heavy atom. The van der Waals surface area contributed by atoms with Gasteiger partial charge in [0.05, 0.1) is 19.8 Å². The maximum atomic E-state index is 12.1. The fourth-order valence-corrected chi connectivity index (χ4v) is 1.89. The molecule has 1 aliphatic rings. The Kier molecular flexibility index (Phi) is 6.24. The second-order valence-corrected chi connectivity index (χ2v) is 5.46. The highest BCUT2D eigenvalue weighted by Crippen LogP contribution is 2.10. The van der Waals surface area contributed by atoms with Gasteiger partial charge in [0.2, 0.25) is 11.8 Å². The molecule has 1 saturated heterocycles. The Bertz CT molecular complexity index is 318. The standard InChI is InChI=1S/C13H25N3O3/c1-10(2)12-13(18)16(9-11(17)14-12)6-8-19-7-5-15(3)4/h10,12H,5-9H2,1-4H3,(H,14,17). The van der Waals surface area contributed by atoms with E-state index in [0.717, 1.165) is 6.54 Å². The third-order valence-corrected chi connectivity index (χ3v) is 3.08. The minimum absolute atomic E-state index is 0.00851. The predicted molar refractivity (Wildman–Crippen MR) is 72.7 cm³/mol. The van der Waals surface area contributed by atoms with E-state index in [4.69, 9.17) is 4.74 Å². The third-order valence-electron chi connectivity index (χ3n) is 3.08. The molecule has 0 radical (unpaired) electrons. The van der Waals surface area contributed by atoms with E-state index in [0.29, 0.717) is 19.8 Å². The molecule has 0 bridgehead atoms. The predicted octanol–water partition coefficient (Wildman–Crippen LogP) is -0.452. The Balaban J connectivity index is 2.35. The lowest BCUT2D eigenvalue weighted by atomic mass is 10.0. The average Bonchev–Trinajstić information content (AvgIpc) is 2.31. The van der Waals surface area contributed by atoms with Crippen molar-refractivity contribution in [3.8, 4) is 0 Å². The van der Waals surface area contributed by atoms with Crippen LogP contribution in [0.1, 0.15) is 13.8 Å². The number of likely N-dealkylation sites (N-methyl/N-ethyl adjacent to an activating group) is 1. The summed E-state index contributed by atoms with van der Waals surface area (Å²) in [5.41, 5.74) is 0. The summed E-state index contributed by atoms with van der Waals surface area (Å²) in [6, 6.07) is -0.400. The monoisotopic (exact) mass is 271 g/mol. The average molecular weight is 271 g/mol. The van der Waals surface area contributed by atoms with Crippen LogP contribution in [0.3, 0.4) is 0 Å². The first kappa shape index (κ1) is 15.9. The van der Waals surface area contributed by atoms with Gasteiger partial charge in [-0.05, 0) is 20.0 Å². The van der Waals surface area contributed by atoms with Gasteiger partial charge in [-0.1, -0.05) is 13.8 Å². The highest BCUT2D eigenvalue weighted by molar-refractivity contribution is 5.94. The molecule has 1 heterocycles. The van der Waals surface area contributed by atoms with E-state index in [-0.39, 0.29) is 24.3 Å². The maximum Gasteiger partial charge on any atom is 0.245 e. The number of rotatable bonds is 7. The van der Waals surface area contributed by atoms with Gasteiger partial charge in [-0.3, -0.25) is 9.59 Å². The zero-order valence-electron chi connectivity index (χ0n) is 12.3. The minimum Gasteiger partial charge on any atom is -0.378 e.